The van der Waals surface area contributed by atoms with Gasteiger partial charge in [-0.15, -0.1) is 0 Å². The van der Waals surface area contributed by atoms with E-state index in [1.165, 1.54) is 24.1 Å². The Morgan fingerprint density at radius 1 is 1.35 bits per heavy atom. The molecule has 2 rings (SSSR count). The van der Waals surface area contributed by atoms with Crippen LogP contribution in [0.15, 0.2) is 18.2 Å². The van der Waals surface area contributed by atoms with E-state index in [1.54, 1.807) is 0 Å². The number of aliphatic hydroxyl groups excluding tert-OH is 1. The second kappa shape index (κ2) is 5.78. The standard InChI is InChI=1S/C14H21NOS/c1-11-3-4-14(12(9-11)10-16)15-7-5-13(17-2)6-8-15/h3-4,9,13,16H,5-8,10H2,1-2H3. The third kappa shape index (κ3) is 2.96. The van der Waals surface area contributed by atoms with Crippen LogP contribution in [0.2, 0.25) is 0 Å². The fourth-order valence-corrected chi connectivity index (χ4v) is 3.16. The second-order valence-electron chi connectivity index (χ2n) is 4.71. The molecule has 0 bridgehead atoms. The van der Waals surface area contributed by atoms with Gasteiger partial charge in [0.15, 0.2) is 0 Å². The molecule has 0 amide bonds. The summed E-state index contributed by atoms with van der Waals surface area (Å²) in [6.07, 6.45) is 4.70. The average Bonchev–Trinajstić information content (AvgIpc) is 2.39. The van der Waals surface area contributed by atoms with Crippen LogP contribution in [0.1, 0.15) is 24.0 Å². The summed E-state index contributed by atoms with van der Waals surface area (Å²) in [6.45, 7) is 4.44. The Hall–Kier alpha value is -0.670. The largest absolute Gasteiger partial charge is 0.392 e. The molecule has 17 heavy (non-hydrogen) atoms. The quantitative estimate of drug-likeness (QED) is 0.893. The van der Waals surface area contributed by atoms with Gasteiger partial charge in [0.05, 0.1) is 6.61 Å². The molecule has 1 saturated heterocycles. The molecule has 0 radical (unpaired) electrons. The van der Waals surface area contributed by atoms with E-state index in [0.717, 1.165) is 23.9 Å². The Labute approximate surface area is 108 Å². The predicted octanol–water partition coefficient (Wildman–Crippen LogP) is 2.82. The third-order valence-electron chi connectivity index (χ3n) is 3.52. The lowest BCUT2D eigenvalue weighted by atomic mass is 10.1. The fraction of sp³-hybridized carbons (Fsp3) is 0.571. The number of rotatable bonds is 3. The van der Waals surface area contributed by atoms with Crippen LogP contribution in [0.3, 0.4) is 0 Å². The van der Waals surface area contributed by atoms with Crippen molar-refractivity contribution in [3.8, 4) is 0 Å². The minimum absolute atomic E-state index is 0.138. The highest BCUT2D eigenvalue weighted by molar-refractivity contribution is 7.99. The molecular weight excluding hydrogens is 230 g/mol. The SMILES string of the molecule is CSC1CCN(c2ccc(C)cc2CO)CC1. The summed E-state index contributed by atoms with van der Waals surface area (Å²) in [7, 11) is 0. The Kier molecular flexibility index (Phi) is 4.35. The number of aliphatic hydroxyl groups is 1. The van der Waals surface area contributed by atoms with Gasteiger partial charge >= 0.3 is 0 Å². The summed E-state index contributed by atoms with van der Waals surface area (Å²) in [5, 5.41) is 10.3. The molecule has 1 aliphatic rings. The zero-order valence-corrected chi connectivity index (χ0v) is 11.5. The van der Waals surface area contributed by atoms with Crippen LogP contribution in [0.25, 0.3) is 0 Å². The van der Waals surface area contributed by atoms with Gasteiger partial charge in [0.25, 0.3) is 0 Å². The maximum absolute atomic E-state index is 9.44. The molecule has 1 aromatic carbocycles. The van der Waals surface area contributed by atoms with Gasteiger partial charge in [-0.05, 0) is 32.1 Å². The first-order chi connectivity index (χ1) is 8.24. The number of hydrogen-bond donors (Lipinski definition) is 1. The number of benzene rings is 1. The molecule has 0 atom stereocenters. The van der Waals surface area contributed by atoms with Crippen LogP contribution in [0.4, 0.5) is 5.69 Å². The van der Waals surface area contributed by atoms with Gasteiger partial charge in [0, 0.05) is 29.6 Å². The molecule has 0 aliphatic carbocycles. The summed E-state index contributed by atoms with van der Waals surface area (Å²) >= 11 is 1.98. The number of thioether (sulfide) groups is 1. The first-order valence-corrected chi connectivity index (χ1v) is 7.51. The summed E-state index contributed by atoms with van der Waals surface area (Å²) in [4.78, 5) is 2.41. The Morgan fingerprint density at radius 3 is 2.65 bits per heavy atom. The molecule has 0 spiro atoms. The molecule has 1 heterocycles. The Bertz CT molecular complexity index is 372. The smallest absolute Gasteiger partial charge is 0.0702 e. The molecule has 0 unspecified atom stereocenters. The van der Waals surface area contributed by atoms with Crippen molar-refractivity contribution in [1.82, 2.24) is 0 Å². The van der Waals surface area contributed by atoms with Gasteiger partial charge in [-0.2, -0.15) is 11.8 Å². The van der Waals surface area contributed by atoms with E-state index < -0.39 is 0 Å². The lowest BCUT2D eigenvalue weighted by Gasteiger charge is -2.34. The molecule has 2 nitrogen and oxygen atoms in total. The minimum Gasteiger partial charge on any atom is -0.392 e. The van der Waals surface area contributed by atoms with Crippen molar-refractivity contribution in [1.29, 1.82) is 0 Å². The zero-order valence-electron chi connectivity index (χ0n) is 10.6. The van der Waals surface area contributed by atoms with Gasteiger partial charge in [0.2, 0.25) is 0 Å². The summed E-state index contributed by atoms with van der Waals surface area (Å²) in [6, 6.07) is 6.38. The highest BCUT2D eigenvalue weighted by Crippen LogP contribution is 2.28. The second-order valence-corrected chi connectivity index (χ2v) is 5.85. The van der Waals surface area contributed by atoms with Crippen molar-refractivity contribution in [2.24, 2.45) is 0 Å². The highest BCUT2D eigenvalue weighted by atomic mass is 32.2. The summed E-state index contributed by atoms with van der Waals surface area (Å²) in [5.74, 6) is 0. The Morgan fingerprint density at radius 2 is 2.06 bits per heavy atom. The molecule has 1 N–H and O–H groups in total. The van der Waals surface area contributed by atoms with Crippen LogP contribution in [-0.2, 0) is 6.61 Å². The van der Waals surface area contributed by atoms with E-state index in [9.17, 15) is 5.11 Å². The van der Waals surface area contributed by atoms with Crippen LogP contribution in [-0.4, -0.2) is 29.7 Å². The van der Waals surface area contributed by atoms with E-state index in [0.29, 0.717) is 0 Å². The third-order valence-corrected chi connectivity index (χ3v) is 4.66. The van der Waals surface area contributed by atoms with E-state index in [-0.39, 0.29) is 6.61 Å². The van der Waals surface area contributed by atoms with Crippen molar-refractivity contribution in [3.05, 3.63) is 29.3 Å². The van der Waals surface area contributed by atoms with Crippen LogP contribution >= 0.6 is 11.8 Å². The fourth-order valence-electron chi connectivity index (χ4n) is 2.48. The zero-order chi connectivity index (χ0) is 12.3. The molecule has 0 aromatic heterocycles. The van der Waals surface area contributed by atoms with E-state index >= 15 is 0 Å². The van der Waals surface area contributed by atoms with E-state index in [2.05, 4.69) is 36.3 Å². The maximum Gasteiger partial charge on any atom is 0.0702 e. The monoisotopic (exact) mass is 251 g/mol. The first kappa shape index (κ1) is 12.8. The van der Waals surface area contributed by atoms with Crippen molar-refractivity contribution in [2.75, 3.05) is 24.2 Å². The van der Waals surface area contributed by atoms with Gasteiger partial charge < -0.3 is 10.0 Å². The topological polar surface area (TPSA) is 23.5 Å². The van der Waals surface area contributed by atoms with Gasteiger partial charge in [0.1, 0.15) is 0 Å². The number of nitrogens with zero attached hydrogens (tertiary/aromatic N) is 1. The van der Waals surface area contributed by atoms with Crippen molar-refractivity contribution >= 4 is 17.4 Å². The van der Waals surface area contributed by atoms with Gasteiger partial charge in [-0.3, -0.25) is 0 Å². The maximum atomic E-state index is 9.44. The number of hydrogen-bond acceptors (Lipinski definition) is 3. The molecule has 1 aromatic rings. The highest BCUT2D eigenvalue weighted by Gasteiger charge is 2.19. The predicted molar refractivity (Wildman–Crippen MR) is 75.9 cm³/mol. The summed E-state index contributed by atoms with van der Waals surface area (Å²) < 4.78 is 0. The normalized spacial score (nSPS) is 17.5. The number of aryl methyl sites for hydroxylation is 1. The molecule has 1 fully saturated rings. The number of anilines is 1. The number of piperidine rings is 1. The van der Waals surface area contributed by atoms with Gasteiger partial charge in [-0.25, -0.2) is 0 Å². The van der Waals surface area contributed by atoms with Crippen LogP contribution in [0, 0.1) is 6.92 Å². The van der Waals surface area contributed by atoms with Crippen LogP contribution in [0.5, 0.6) is 0 Å². The Balaban J connectivity index is 2.12. The van der Waals surface area contributed by atoms with E-state index in [1.807, 2.05) is 11.8 Å². The lowest BCUT2D eigenvalue weighted by Crippen LogP contribution is -2.35. The molecule has 1 aliphatic heterocycles. The lowest BCUT2D eigenvalue weighted by molar-refractivity contribution is 0.282. The van der Waals surface area contributed by atoms with Crippen molar-refractivity contribution in [3.63, 3.8) is 0 Å². The molecule has 0 saturated carbocycles. The van der Waals surface area contributed by atoms with E-state index in [4.69, 9.17) is 0 Å². The van der Waals surface area contributed by atoms with Crippen molar-refractivity contribution < 1.29 is 5.11 Å². The molecular formula is C14H21NOS. The van der Waals surface area contributed by atoms with Crippen molar-refractivity contribution in [2.45, 2.75) is 31.6 Å². The average molecular weight is 251 g/mol. The summed E-state index contributed by atoms with van der Waals surface area (Å²) in [5.41, 5.74) is 3.50. The molecule has 3 heteroatoms. The molecule has 94 valence electrons. The van der Waals surface area contributed by atoms with Crippen LogP contribution < -0.4 is 4.90 Å². The van der Waals surface area contributed by atoms with Gasteiger partial charge in [-0.1, -0.05) is 17.7 Å². The first-order valence-electron chi connectivity index (χ1n) is 6.22. The minimum atomic E-state index is 0.138.